The van der Waals surface area contributed by atoms with Gasteiger partial charge in [-0.05, 0) is 20.3 Å². The molecule has 3 heterocycles. The van der Waals surface area contributed by atoms with Gasteiger partial charge in [0.1, 0.15) is 12.1 Å². The predicted molar refractivity (Wildman–Crippen MR) is 134 cm³/mol. The van der Waals surface area contributed by atoms with Crippen molar-refractivity contribution in [2.24, 2.45) is 0 Å². The molecule has 3 aliphatic rings. The van der Waals surface area contributed by atoms with Crippen LogP contribution in [0.15, 0.2) is 72.8 Å². The van der Waals surface area contributed by atoms with Crippen LogP contribution in [0.5, 0.6) is 0 Å². The normalized spacial score (nSPS) is 24.6. The lowest BCUT2D eigenvalue weighted by Crippen LogP contribution is -2.67. The molecule has 1 amide bonds. The summed E-state index contributed by atoms with van der Waals surface area (Å²) < 4.78 is 6.25. The zero-order valence-corrected chi connectivity index (χ0v) is 20.4. The molecule has 2 saturated heterocycles. The Bertz CT molecular complexity index is 1050. The number of piperazine rings is 1. The molecule has 0 spiro atoms. The van der Waals surface area contributed by atoms with E-state index < -0.39 is 23.3 Å². The SMILES string of the molecule is CC(C)(CN1CC=CCC1)NC(=O)C1CNCC2C(=O)OC(c3ccccc3)(c3ccccc3)N12. The second-order valence-corrected chi connectivity index (χ2v) is 10.3. The monoisotopic (exact) mass is 474 g/mol. The molecule has 7 nitrogen and oxygen atoms in total. The number of carbonyl (C=O) groups is 2. The van der Waals surface area contributed by atoms with E-state index in [-0.39, 0.29) is 11.9 Å². The number of fused-ring (bicyclic) bond motifs is 1. The van der Waals surface area contributed by atoms with E-state index in [1.807, 2.05) is 65.6 Å². The van der Waals surface area contributed by atoms with Gasteiger partial charge >= 0.3 is 5.97 Å². The van der Waals surface area contributed by atoms with Crippen molar-refractivity contribution < 1.29 is 14.3 Å². The van der Waals surface area contributed by atoms with Crippen LogP contribution in [0.25, 0.3) is 0 Å². The van der Waals surface area contributed by atoms with Crippen LogP contribution in [0.3, 0.4) is 0 Å². The Morgan fingerprint density at radius 3 is 2.31 bits per heavy atom. The molecular formula is C28H34N4O3. The van der Waals surface area contributed by atoms with Gasteiger partial charge in [0.2, 0.25) is 11.6 Å². The van der Waals surface area contributed by atoms with Gasteiger partial charge in [-0.2, -0.15) is 0 Å². The van der Waals surface area contributed by atoms with E-state index in [4.69, 9.17) is 4.74 Å². The number of carbonyl (C=O) groups excluding carboxylic acids is 2. The van der Waals surface area contributed by atoms with Crippen LogP contribution in [0.1, 0.15) is 31.4 Å². The van der Waals surface area contributed by atoms with Crippen molar-refractivity contribution in [3.8, 4) is 0 Å². The van der Waals surface area contributed by atoms with Crippen molar-refractivity contribution in [1.82, 2.24) is 20.4 Å². The summed E-state index contributed by atoms with van der Waals surface area (Å²) in [5.41, 5.74) is 0.0697. The van der Waals surface area contributed by atoms with E-state index in [0.29, 0.717) is 13.1 Å². The van der Waals surface area contributed by atoms with Crippen LogP contribution in [-0.2, 0) is 20.1 Å². The minimum absolute atomic E-state index is 0.103. The van der Waals surface area contributed by atoms with Crippen LogP contribution in [0, 0.1) is 0 Å². The zero-order chi connectivity index (χ0) is 24.5. The lowest BCUT2D eigenvalue weighted by atomic mass is 9.89. The molecule has 2 N–H and O–H groups in total. The fourth-order valence-electron chi connectivity index (χ4n) is 5.65. The molecule has 0 saturated carbocycles. The summed E-state index contributed by atoms with van der Waals surface area (Å²) >= 11 is 0. The third kappa shape index (κ3) is 4.51. The minimum Gasteiger partial charge on any atom is -0.434 e. The topological polar surface area (TPSA) is 73.9 Å². The van der Waals surface area contributed by atoms with Crippen molar-refractivity contribution in [2.45, 2.75) is 43.6 Å². The van der Waals surface area contributed by atoms with E-state index in [1.165, 1.54) is 0 Å². The van der Waals surface area contributed by atoms with Crippen LogP contribution in [-0.4, -0.2) is 72.0 Å². The van der Waals surface area contributed by atoms with E-state index in [1.54, 1.807) is 0 Å². The molecule has 0 aromatic heterocycles. The third-order valence-electron chi connectivity index (χ3n) is 7.09. The van der Waals surface area contributed by atoms with Gasteiger partial charge in [0, 0.05) is 49.4 Å². The Morgan fingerprint density at radius 1 is 1.06 bits per heavy atom. The molecule has 2 aromatic rings. The van der Waals surface area contributed by atoms with Crippen LogP contribution >= 0.6 is 0 Å². The Hall–Kier alpha value is -3.00. The standard InChI is InChI=1S/C28H34N4O3/c1-27(2,20-31-16-10-5-11-17-31)30-25(33)23-18-29-19-24-26(34)35-28(32(23)24,21-12-6-3-7-13-21)22-14-8-4-9-15-22/h3-10,12-15,23-24,29H,11,16-20H2,1-2H3,(H,30,33). The van der Waals surface area contributed by atoms with Crippen molar-refractivity contribution in [3.63, 3.8) is 0 Å². The fourth-order valence-corrected chi connectivity index (χ4v) is 5.65. The summed E-state index contributed by atoms with van der Waals surface area (Å²) in [6.07, 6.45) is 5.41. The summed E-state index contributed by atoms with van der Waals surface area (Å²) in [5, 5.41) is 6.59. The highest BCUT2D eigenvalue weighted by atomic mass is 16.6. The molecule has 184 valence electrons. The highest BCUT2D eigenvalue weighted by molar-refractivity contribution is 5.87. The number of nitrogens with one attached hydrogen (secondary N) is 2. The average molecular weight is 475 g/mol. The van der Waals surface area contributed by atoms with Gasteiger partial charge in [0.05, 0.1) is 0 Å². The molecule has 0 radical (unpaired) electrons. The molecule has 7 heteroatoms. The molecule has 2 aromatic carbocycles. The number of hydrogen-bond acceptors (Lipinski definition) is 6. The summed E-state index contributed by atoms with van der Waals surface area (Å²) in [6, 6.07) is 18.4. The minimum atomic E-state index is -1.17. The average Bonchev–Trinajstić information content (AvgIpc) is 3.18. The number of nitrogens with zero attached hydrogens (tertiary/aromatic N) is 2. The van der Waals surface area contributed by atoms with Gasteiger partial charge in [-0.15, -0.1) is 0 Å². The Morgan fingerprint density at radius 2 is 1.71 bits per heavy atom. The number of rotatable bonds is 6. The number of esters is 1. The summed E-state index contributed by atoms with van der Waals surface area (Å²) in [6.45, 7) is 7.63. The summed E-state index contributed by atoms with van der Waals surface area (Å²) in [7, 11) is 0. The van der Waals surface area contributed by atoms with E-state index in [9.17, 15) is 9.59 Å². The second-order valence-electron chi connectivity index (χ2n) is 10.3. The molecule has 2 fully saturated rings. The van der Waals surface area contributed by atoms with E-state index >= 15 is 0 Å². The first-order valence-corrected chi connectivity index (χ1v) is 12.4. The largest absolute Gasteiger partial charge is 0.434 e. The smallest absolute Gasteiger partial charge is 0.327 e. The van der Waals surface area contributed by atoms with Gasteiger partial charge in [0.15, 0.2) is 0 Å². The lowest BCUT2D eigenvalue weighted by Gasteiger charge is -2.45. The molecule has 0 bridgehead atoms. The van der Waals surface area contributed by atoms with Gasteiger partial charge in [-0.25, -0.2) is 4.90 Å². The van der Waals surface area contributed by atoms with E-state index in [2.05, 4.69) is 41.5 Å². The number of ether oxygens (including phenoxy) is 1. The Kier molecular flexibility index (Phi) is 6.49. The number of hydrogen-bond donors (Lipinski definition) is 2. The first-order valence-electron chi connectivity index (χ1n) is 12.4. The maximum atomic E-state index is 13.9. The van der Waals surface area contributed by atoms with Crippen LogP contribution in [0.4, 0.5) is 0 Å². The first kappa shape index (κ1) is 23.7. The fraction of sp³-hybridized carbons (Fsp3) is 0.429. The summed E-state index contributed by atoms with van der Waals surface area (Å²) in [5.74, 6) is -0.420. The lowest BCUT2D eigenvalue weighted by molar-refractivity contribution is -0.153. The number of cyclic esters (lactones) is 1. The molecule has 2 unspecified atom stereocenters. The molecule has 5 rings (SSSR count). The molecular weight excluding hydrogens is 440 g/mol. The van der Waals surface area contributed by atoms with E-state index in [0.717, 1.165) is 37.2 Å². The predicted octanol–water partition coefficient (Wildman–Crippen LogP) is 2.24. The van der Waals surface area contributed by atoms with Gasteiger partial charge in [-0.3, -0.25) is 14.5 Å². The summed E-state index contributed by atoms with van der Waals surface area (Å²) in [4.78, 5) is 31.4. The quantitative estimate of drug-likeness (QED) is 0.494. The molecule has 35 heavy (non-hydrogen) atoms. The third-order valence-corrected chi connectivity index (χ3v) is 7.09. The van der Waals surface area contributed by atoms with Crippen LogP contribution < -0.4 is 10.6 Å². The highest BCUT2D eigenvalue weighted by Crippen LogP contribution is 2.45. The van der Waals surface area contributed by atoms with Crippen molar-refractivity contribution in [2.75, 3.05) is 32.7 Å². The Balaban J connectivity index is 1.49. The highest BCUT2D eigenvalue weighted by Gasteiger charge is 2.60. The van der Waals surface area contributed by atoms with Crippen molar-refractivity contribution >= 4 is 11.9 Å². The van der Waals surface area contributed by atoms with Crippen molar-refractivity contribution in [1.29, 1.82) is 0 Å². The van der Waals surface area contributed by atoms with Gasteiger partial charge < -0.3 is 15.4 Å². The maximum Gasteiger partial charge on any atom is 0.327 e. The molecule has 0 aliphatic carbocycles. The molecule has 2 atom stereocenters. The number of benzene rings is 2. The van der Waals surface area contributed by atoms with Gasteiger partial charge in [-0.1, -0.05) is 72.8 Å². The van der Waals surface area contributed by atoms with Crippen molar-refractivity contribution in [3.05, 3.63) is 83.9 Å². The van der Waals surface area contributed by atoms with Gasteiger partial charge in [0.25, 0.3) is 0 Å². The number of amides is 1. The molecule has 3 aliphatic heterocycles. The Labute approximate surface area is 207 Å². The maximum absolute atomic E-state index is 13.9. The van der Waals surface area contributed by atoms with Crippen LogP contribution in [0.2, 0.25) is 0 Å². The second kappa shape index (κ2) is 9.57. The zero-order valence-electron chi connectivity index (χ0n) is 20.4. The first-order chi connectivity index (χ1) is 16.9.